The summed E-state index contributed by atoms with van der Waals surface area (Å²) in [6.45, 7) is 6.50. The highest BCUT2D eigenvalue weighted by Gasteiger charge is 2.43. The SMILES string of the molecule is Cc1ccc(CN2CCOCC3(C2)CN(c2ccccc2)C(=O)CO3)s1.O=C(O)C(F)(F)F. The van der Waals surface area contributed by atoms with Crippen LogP contribution in [0.15, 0.2) is 42.5 Å². The maximum absolute atomic E-state index is 12.4. The number of morpholine rings is 1. The molecular formula is C22H25F3N2O5S. The maximum Gasteiger partial charge on any atom is 0.490 e. The zero-order valence-corrected chi connectivity index (χ0v) is 18.8. The van der Waals surface area contributed by atoms with E-state index in [1.807, 2.05) is 46.6 Å². The lowest BCUT2D eigenvalue weighted by molar-refractivity contribution is -0.192. The largest absolute Gasteiger partial charge is 0.490 e. The lowest BCUT2D eigenvalue weighted by atomic mass is 10.0. The number of rotatable bonds is 3. The van der Waals surface area contributed by atoms with Crippen molar-refractivity contribution in [1.29, 1.82) is 0 Å². The third-order valence-corrected chi connectivity index (χ3v) is 6.15. The van der Waals surface area contributed by atoms with Crippen molar-refractivity contribution in [3.8, 4) is 0 Å². The summed E-state index contributed by atoms with van der Waals surface area (Å²) < 4.78 is 43.7. The molecule has 4 rings (SSSR count). The van der Waals surface area contributed by atoms with Crippen molar-refractivity contribution in [3.05, 3.63) is 52.2 Å². The summed E-state index contributed by atoms with van der Waals surface area (Å²) in [5.41, 5.74) is 0.442. The summed E-state index contributed by atoms with van der Waals surface area (Å²) in [4.78, 5) is 28.2. The minimum atomic E-state index is -5.08. The number of hydrogen-bond donors (Lipinski definition) is 1. The number of carboxylic acids is 1. The molecule has 1 unspecified atom stereocenters. The molecule has 2 saturated heterocycles. The number of ether oxygens (including phenoxy) is 2. The Hall–Kier alpha value is -2.47. The van der Waals surface area contributed by atoms with Gasteiger partial charge in [0.1, 0.15) is 12.2 Å². The summed E-state index contributed by atoms with van der Waals surface area (Å²) in [6, 6.07) is 14.2. The van der Waals surface area contributed by atoms with Gasteiger partial charge in [0, 0.05) is 35.1 Å². The molecule has 7 nitrogen and oxygen atoms in total. The van der Waals surface area contributed by atoms with E-state index in [9.17, 15) is 18.0 Å². The minimum Gasteiger partial charge on any atom is -0.475 e. The molecule has 1 aromatic carbocycles. The average molecular weight is 487 g/mol. The lowest BCUT2D eigenvalue weighted by Crippen LogP contribution is -2.60. The summed E-state index contributed by atoms with van der Waals surface area (Å²) >= 11 is 1.83. The van der Waals surface area contributed by atoms with Crippen LogP contribution in [0.4, 0.5) is 18.9 Å². The number of para-hydroxylation sites is 1. The molecule has 1 aromatic heterocycles. The minimum absolute atomic E-state index is 0.00602. The van der Waals surface area contributed by atoms with Crippen LogP contribution in [0.3, 0.4) is 0 Å². The fraction of sp³-hybridized carbons (Fsp3) is 0.455. The van der Waals surface area contributed by atoms with Gasteiger partial charge >= 0.3 is 12.1 Å². The van der Waals surface area contributed by atoms with Crippen molar-refractivity contribution < 1.29 is 37.3 Å². The number of aliphatic carboxylic acids is 1. The smallest absolute Gasteiger partial charge is 0.475 e. The second-order valence-electron chi connectivity index (χ2n) is 7.87. The second-order valence-corrected chi connectivity index (χ2v) is 9.24. The third-order valence-electron chi connectivity index (χ3n) is 5.16. The zero-order valence-electron chi connectivity index (χ0n) is 18.0. The van der Waals surface area contributed by atoms with Gasteiger partial charge < -0.3 is 19.5 Å². The highest BCUT2D eigenvalue weighted by atomic mass is 32.1. The molecule has 1 amide bonds. The molecule has 1 spiro atoms. The number of nitrogens with zero attached hydrogens (tertiary/aromatic N) is 2. The normalized spacial score (nSPS) is 21.9. The molecule has 1 N–H and O–H groups in total. The van der Waals surface area contributed by atoms with Crippen molar-refractivity contribution in [2.75, 3.05) is 44.4 Å². The van der Waals surface area contributed by atoms with Crippen LogP contribution in [0, 0.1) is 6.92 Å². The van der Waals surface area contributed by atoms with E-state index in [4.69, 9.17) is 19.4 Å². The molecule has 2 aromatic rings. The quantitative estimate of drug-likeness (QED) is 0.717. The monoisotopic (exact) mass is 486 g/mol. The van der Waals surface area contributed by atoms with Crippen LogP contribution >= 0.6 is 11.3 Å². The lowest BCUT2D eigenvalue weighted by Gasteiger charge is -2.43. The van der Waals surface area contributed by atoms with E-state index in [0.29, 0.717) is 19.8 Å². The van der Waals surface area contributed by atoms with Crippen LogP contribution in [-0.4, -0.2) is 73.1 Å². The van der Waals surface area contributed by atoms with Gasteiger partial charge in [-0.25, -0.2) is 4.79 Å². The van der Waals surface area contributed by atoms with Crippen molar-refractivity contribution in [2.24, 2.45) is 0 Å². The van der Waals surface area contributed by atoms with Crippen molar-refractivity contribution >= 4 is 28.9 Å². The van der Waals surface area contributed by atoms with E-state index < -0.39 is 17.7 Å². The second kappa shape index (κ2) is 10.6. The van der Waals surface area contributed by atoms with Crippen molar-refractivity contribution in [3.63, 3.8) is 0 Å². The molecule has 0 aliphatic carbocycles. The van der Waals surface area contributed by atoms with Gasteiger partial charge in [-0.3, -0.25) is 9.69 Å². The topological polar surface area (TPSA) is 79.3 Å². The van der Waals surface area contributed by atoms with Crippen LogP contribution in [0.25, 0.3) is 0 Å². The summed E-state index contributed by atoms with van der Waals surface area (Å²) in [6.07, 6.45) is -5.08. The molecule has 0 radical (unpaired) electrons. The van der Waals surface area contributed by atoms with Crippen LogP contribution in [-0.2, 0) is 25.6 Å². The predicted octanol–water partition coefficient (Wildman–Crippen LogP) is 3.32. The van der Waals surface area contributed by atoms with Gasteiger partial charge in [0.15, 0.2) is 0 Å². The molecule has 11 heteroatoms. The fourth-order valence-electron chi connectivity index (χ4n) is 3.65. The van der Waals surface area contributed by atoms with Gasteiger partial charge in [-0.15, -0.1) is 11.3 Å². The number of benzene rings is 1. The Morgan fingerprint density at radius 2 is 1.88 bits per heavy atom. The first kappa shape index (κ1) is 25.2. The van der Waals surface area contributed by atoms with E-state index >= 15 is 0 Å². The third kappa shape index (κ3) is 7.00. The molecule has 180 valence electrons. The summed E-state index contributed by atoms with van der Waals surface area (Å²) in [5, 5.41) is 7.12. The Bertz CT molecular complexity index is 953. The first-order valence-electron chi connectivity index (χ1n) is 10.2. The number of thiophene rings is 1. The predicted molar refractivity (Wildman–Crippen MR) is 116 cm³/mol. The fourth-order valence-corrected chi connectivity index (χ4v) is 4.58. The Morgan fingerprint density at radius 1 is 1.18 bits per heavy atom. The molecule has 0 saturated carbocycles. The van der Waals surface area contributed by atoms with E-state index in [1.54, 1.807) is 0 Å². The first-order chi connectivity index (χ1) is 15.6. The average Bonchev–Trinajstić information content (AvgIpc) is 3.07. The molecular weight excluding hydrogens is 461 g/mol. The molecule has 3 heterocycles. The molecule has 0 bridgehead atoms. The van der Waals surface area contributed by atoms with E-state index in [0.717, 1.165) is 25.3 Å². The Labute approximate surface area is 193 Å². The van der Waals surface area contributed by atoms with E-state index in [1.165, 1.54) is 9.75 Å². The number of carbonyl (C=O) groups is 2. The molecule has 1 atom stereocenters. The number of aryl methyl sites for hydroxylation is 1. The number of alkyl halides is 3. The van der Waals surface area contributed by atoms with Crippen LogP contribution in [0.1, 0.15) is 9.75 Å². The Balaban J connectivity index is 0.000000383. The van der Waals surface area contributed by atoms with Crippen LogP contribution in [0.5, 0.6) is 0 Å². The van der Waals surface area contributed by atoms with E-state index in [2.05, 4.69) is 24.0 Å². The number of carbonyl (C=O) groups excluding carboxylic acids is 1. The Morgan fingerprint density at radius 3 is 2.48 bits per heavy atom. The molecule has 2 aliphatic heterocycles. The van der Waals surface area contributed by atoms with Gasteiger partial charge in [0.2, 0.25) is 0 Å². The number of halogens is 3. The molecule has 33 heavy (non-hydrogen) atoms. The highest BCUT2D eigenvalue weighted by molar-refractivity contribution is 7.11. The number of anilines is 1. The van der Waals surface area contributed by atoms with Gasteiger partial charge in [0.25, 0.3) is 5.91 Å². The van der Waals surface area contributed by atoms with Gasteiger partial charge in [0.05, 0.1) is 19.8 Å². The maximum atomic E-state index is 12.4. The standard InChI is InChI=1S/C20H24N2O3S.C2HF3O2/c1-16-7-8-18(26-16)11-21-9-10-24-15-20(13-21)14-22(19(23)12-25-20)17-5-3-2-4-6-17;3-2(4,5)1(6)7/h2-8H,9-15H2,1H3;(H,6,7). The number of amides is 1. The summed E-state index contributed by atoms with van der Waals surface area (Å²) in [5.74, 6) is -2.75. The zero-order chi connectivity index (χ0) is 24.1. The van der Waals surface area contributed by atoms with Gasteiger partial charge in [-0.05, 0) is 31.2 Å². The number of hydrogen-bond acceptors (Lipinski definition) is 6. The molecule has 2 fully saturated rings. The van der Waals surface area contributed by atoms with Crippen LogP contribution in [0.2, 0.25) is 0 Å². The Kier molecular flexibility index (Phi) is 8.11. The summed E-state index contributed by atoms with van der Waals surface area (Å²) in [7, 11) is 0. The van der Waals surface area contributed by atoms with Crippen molar-refractivity contribution in [1.82, 2.24) is 4.90 Å². The highest BCUT2D eigenvalue weighted by Crippen LogP contribution is 2.28. The van der Waals surface area contributed by atoms with Gasteiger partial charge in [-0.1, -0.05) is 18.2 Å². The first-order valence-corrected chi connectivity index (χ1v) is 11.0. The van der Waals surface area contributed by atoms with Crippen molar-refractivity contribution in [2.45, 2.75) is 25.2 Å². The van der Waals surface area contributed by atoms with E-state index in [-0.39, 0.29) is 12.5 Å². The number of carboxylic acid groups (broad SMARTS) is 1. The molecule has 2 aliphatic rings. The van der Waals surface area contributed by atoms with Crippen LogP contribution < -0.4 is 4.90 Å². The van der Waals surface area contributed by atoms with Gasteiger partial charge in [-0.2, -0.15) is 13.2 Å².